The molecule has 2 heterocycles. The number of imidazole rings is 1. The molecule has 3 heteroatoms. The van der Waals surface area contributed by atoms with Crippen molar-refractivity contribution in [2.24, 2.45) is 5.92 Å². The Morgan fingerprint density at radius 1 is 1.38 bits per heavy atom. The van der Waals surface area contributed by atoms with E-state index in [2.05, 4.69) is 29.0 Å². The monoisotopic (exact) mass is 214 g/mol. The third kappa shape index (κ3) is 1.40. The fourth-order valence-corrected chi connectivity index (χ4v) is 2.36. The summed E-state index contributed by atoms with van der Waals surface area (Å²) in [6.07, 6.45) is 3.68. The first-order valence-electron chi connectivity index (χ1n) is 5.57. The zero-order valence-electron chi connectivity index (χ0n) is 9.18. The normalized spacial score (nSPS) is 23.6. The van der Waals surface area contributed by atoms with Crippen LogP contribution >= 0.6 is 0 Å². The van der Waals surface area contributed by atoms with Crippen molar-refractivity contribution in [1.29, 1.82) is 0 Å². The van der Waals surface area contributed by atoms with Crippen molar-refractivity contribution >= 4 is 0 Å². The van der Waals surface area contributed by atoms with Crippen LogP contribution in [-0.2, 0) is 0 Å². The Labute approximate surface area is 94.5 Å². The van der Waals surface area contributed by atoms with Gasteiger partial charge in [0.2, 0.25) is 0 Å². The van der Waals surface area contributed by atoms with Gasteiger partial charge in [-0.25, -0.2) is 4.98 Å². The van der Waals surface area contributed by atoms with Gasteiger partial charge in [0.1, 0.15) is 11.6 Å². The molecular formula is C13H14N2O. The molecule has 2 atom stereocenters. The highest BCUT2D eigenvalue weighted by molar-refractivity contribution is 5.41. The molecule has 0 unspecified atom stereocenters. The Balaban J connectivity index is 2.10. The third-order valence-electron chi connectivity index (χ3n) is 3.14. The fraction of sp³-hybridized carbons (Fsp3) is 0.308. The second-order valence-corrected chi connectivity index (χ2v) is 4.28. The Hall–Kier alpha value is -1.77. The van der Waals surface area contributed by atoms with E-state index < -0.39 is 0 Å². The molecule has 2 aromatic rings. The molecule has 0 radical (unpaired) electrons. The number of nitrogens with zero attached hydrogens (tertiary/aromatic N) is 1. The second-order valence-electron chi connectivity index (χ2n) is 4.28. The Morgan fingerprint density at radius 2 is 2.25 bits per heavy atom. The topological polar surface area (TPSA) is 37.9 Å². The number of nitrogens with one attached hydrogen (secondary N) is 1. The number of hydrogen-bond acceptors (Lipinski definition) is 2. The van der Waals surface area contributed by atoms with Gasteiger partial charge in [-0.15, -0.1) is 0 Å². The summed E-state index contributed by atoms with van der Waals surface area (Å²) in [5, 5.41) is 0. The van der Waals surface area contributed by atoms with E-state index in [0.717, 1.165) is 18.2 Å². The number of aromatic amines is 1. The quantitative estimate of drug-likeness (QED) is 0.792. The summed E-state index contributed by atoms with van der Waals surface area (Å²) < 4.78 is 5.72. The van der Waals surface area contributed by atoms with Crippen LogP contribution in [0.2, 0.25) is 0 Å². The Kier molecular flexibility index (Phi) is 2.17. The first kappa shape index (κ1) is 9.46. The number of rotatable bonds is 1. The minimum Gasteiger partial charge on any atom is -0.493 e. The molecule has 0 bridgehead atoms. The summed E-state index contributed by atoms with van der Waals surface area (Å²) in [7, 11) is 0. The zero-order valence-corrected chi connectivity index (χ0v) is 9.18. The molecule has 3 rings (SSSR count). The zero-order chi connectivity index (χ0) is 11.0. The number of hydrogen-bond donors (Lipinski definition) is 1. The van der Waals surface area contributed by atoms with Crippen LogP contribution in [0.4, 0.5) is 0 Å². The van der Waals surface area contributed by atoms with Crippen molar-refractivity contribution in [3.63, 3.8) is 0 Å². The maximum atomic E-state index is 5.72. The molecule has 0 fully saturated rings. The highest BCUT2D eigenvalue weighted by Crippen LogP contribution is 2.39. The molecule has 1 aromatic heterocycles. The first-order chi connectivity index (χ1) is 7.86. The van der Waals surface area contributed by atoms with Crippen LogP contribution in [0.15, 0.2) is 36.7 Å². The molecule has 0 spiro atoms. The molecule has 16 heavy (non-hydrogen) atoms. The van der Waals surface area contributed by atoms with E-state index in [4.69, 9.17) is 4.74 Å². The maximum absolute atomic E-state index is 5.72. The molecule has 0 aliphatic carbocycles. The van der Waals surface area contributed by atoms with Gasteiger partial charge in [0, 0.05) is 23.9 Å². The molecule has 0 amide bonds. The lowest BCUT2D eigenvalue weighted by Crippen LogP contribution is -2.25. The summed E-state index contributed by atoms with van der Waals surface area (Å²) in [6, 6.07) is 8.21. The first-order valence-corrected chi connectivity index (χ1v) is 5.57. The summed E-state index contributed by atoms with van der Waals surface area (Å²) in [5.41, 5.74) is 1.23. The fourth-order valence-electron chi connectivity index (χ4n) is 2.36. The van der Waals surface area contributed by atoms with Crippen LogP contribution in [0.5, 0.6) is 5.75 Å². The molecule has 1 aliphatic heterocycles. The molecule has 0 saturated carbocycles. The summed E-state index contributed by atoms with van der Waals surface area (Å²) in [4.78, 5) is 7.59. The van der Waals surface area contributed by atoms with Crippen molar-refractivity contribution in [3.05, 3.63) is 48.0 Å². The van der Waals surface area contributed by atoms with Gasteiger partial charge in [0.05, 0.1) is 12.5 Å². The van der Waals surface area contributed by atoms with Gasteiger partial charge in [-0.3, -0.25) is 0 Å². The van der Waals surface area contributed by atoms with Gasteiger partial charge in [0.15, 0.2) is 0 Å². The predicted molar refractivity (Wildman–Crippen MR) is 61.5 cm³/mol. The van der Waals surface area contributed by atoms with E-state index in [1.54, 1.807) is 6.20 Å². The van der Waals surface area contributed by atoms with Gasteiger partial charge < -0.3 is 9.72 Å². The van der Waals surface area contributed by atoms with Crippen LogP contribution in [0.1, 0.15) is 24.2 Å². The van der Waals surface area contributed by atoms with Crippen LogP contribution in [0, 0.1) is 5.92 Å². The number of para-hydroxylation sites is 1. The average molecular weight is 214 g/mol. The minimum atomic E-state index is 0.319. The van der Waals surface area contributed by atoms with Gasteiger partial charge in [-0.2, -0.15) is 0 Å². The van der Waals surface area contributed by atoms with E-state index in [1.165, 1.54) is 5.56 Å². The van der Waals surface area contributed by atoms with Crippen LogP contribution in [-0.4, -0.2) is 16.6 Å². The number of fused-ring (bicyclic) bond motifs is 1. The third-order valence-corrected chi connectivity index (χ3v) is 3.14. The predicted octanol–water partition coefficient (Wildman–Crippen LogP) is 2.57. The van der Waals surface area contributed by atoms with Crippen LogP contribution < -0.4 is 4.74 Å². The van der Waals surface area contributed by atoms with Crippen molar-refractivity contribution in [2.45, 2.75) is 12.8 Å². The SMILES string of the molecule is C[C@H]1COc2ccccc2[C@@H]1c1ncc[nH]1. The lowest BCUT2D eigenvalue weighted by atomic mass is 9.84. The smallest absolute Gasteiger partial charge is 0.123 e. The minimum absolute atomic E-state index is 0.319. The molecule has 82 valence electrons. The Bertz CT molecular complexity index is 478. The molecular weight excluding hydrogens is 200 g/mol. The lowest BCUT2D eigenvalue weighted by molar-refractivity contribution is 0.215. The number of ether oxygens (including phenoxy) is 1. The van der Waals surface area contributed by atoms with Gasteiger partial charge in [-0.1, -0.05) is 25.1 Å². The van der Waals surface area contributed by atoms with Crippen molar-refractivity contribution < 1.29 is 4.74 Å². The van der Waals surface area contributed by atoms with Crippen molar-refractivity contribution in [1.82, 2.24) is 9.97 Å². The summed E-state index contributed by atoms with van der Waals surface area (Å²) in [6.45, 7) is 2.95. The second kappa shape index (κ2) is 3.67. The molecule has 1 N–H and O–H groups in total. The highest BCUT2D eigenvalue weighted by atomic mass is 16.5. The highest BCUT2D eigenvalue weighted by Gasteiger charge is 2.30. The Morgan fingerprint density at radius 3 is 3.06 bits per heavy atom. The van der Waals surface area contributed by atoms with E-state index in [9.17, 15) is 0 Å². The molecule has 1 aromatic carbocycles. The largest absolute Gasteiger partial charge is 0.493 e. The van der Waals surface area contributed by atoms with Crippen LogP contribution in [0.3, 0.4) is 0 Å². The summed E-state index contributed by atoms with van der Waals surface area (Å²) >= 11 is 0. The molecule has 0 saturated heterocycles. The standard InChI is InChI=1S/C13H14N2O/c1-9-8-16-11-5-3-2-4-10(11)12(9)13-14-6-7-15-13/h2-7,9,12H,8H2,1H3,(H,14,15)/t9-,12+/m0/s1. The number of H-pyrrole nitrogens is 1. The molecule has 3 nitrogen and oxygen atoms in total. The van der Waals surface area contributed by atoms with E-state index in [1.807, 2.05) is 18.3 Å². The summed E-state index contributed by atoms with van der Waals surface area (Å²) in [5.74, 6) is 2.78. The van der Waals surface area contributed by atoms with Crippen molar-refractivity contribution in [2.75, 3.05) is 6.61 Å². The van der Waals surface area contributed by atoms with E-state index >= 15 is 0 Å². The van der Waals surface area contributed by atoms with Gasteiger partial charge >= 0.3 is 0 Å². The lowest BCUT2D eigenvalue weighted by Gasteiger charge is -2.30. The van der Waals surface area contributed by atoms with Crippen molar-refractivity contribution in [3.8, 4) is 5.75 Å². The van der Waals surface area contributed by atoms with E-state index in [0.29, 0.717) is 11.8 Å². The average Bonchev–Trinajstić information content (AvgIpc) is 2.82. The van der Waals surface area contributed by atoms with Crippen LogP contribution in [0.25, 0.3) is 0 Å². The number of benzene rings is 1. The van der Waals surface area contributed by atoms with Gasteiger partial charge in [0.25, 0.3) is 0 Å². The maximum Gasteiger partial charge on any atom is 0.123 e. The van der Waals surface area contributed by atoms with Gasteiger partial charge in [-0.05, 0) is 6.07 Å². The number of aromatic nitrogens is 2. The van der Waals surface area contributed by atoms with E-state index in [-0.39, 0.29) is 0 Å². The molecule has 1 aliphatic rings.